The zero-order chi connectivity index (χ0) is 13.2. The molecule has 2 heteroatoms. The molecule has 0 heterocycles. The number of aryl methyl sites for hydroxylation is 1. The summed E-state index contributed by atoms with van der Waals surface area (Å²) < 4.78 is 5.71. The third-order valence-electron chi connectivity index (χ3n) is 3.46. The van der Waals surface area contributed by atoms with Crippen LogP contribution in [0.3, 0.4) is 0 Å². The Kier molecular flexibility index (Phi) is 7.51. The minimum atomic E-state index is 0.844. The van der Waals surface area contributed by atoms with Gasteiger partial charge in [-0.1, -0.05) is 17.7 Å². The molecule has 0 aliphatic carbocycles. The molecule has 1 rings (SSSR count). The highest BCUT2D eigenvalue weighted by atomic mass is 16.5. The standard InChI is InChI=1S/C16H27NO/c1-4-17(5-2)13-7-6-8-14-18-16-11-9-15(3)10-12-16/h9-12H,4-8,13-14H2,1-3H3/p+1. The van der Waals surface area contributed by atoms with Gasteiger partial charge in [-0.2, -0.15) is 0 Å². The second-order valence-electron chi connectivity index (χ2n) is 4.93. The molecule has 1 N–H and O–H groups in total. The van der Waals surface area contributed by atoms with Crippen molar-refractivity contribution < 1.29 is 9.64 Å². The molecule has 0 aliphatic rings. The summed E-state index contributed by atoms with van der Waals surface area (Å²) in [6, 6.07) is 8.29. The Balaban J connectivity index is 2.03. The molecule has 0 saturated heterocycles. The molecule has 0 amide bonds. The third-order valence-corrected chi connectivity index (χ3v) is 3.46. The fourth-order valence-electron chi connectivity index (χ4n) is 2.08. The lowest BCUT2D eigenvalue weighted by Crippen LogP contribution is -3.11. The summed E-state index contributed by atoms with van der Waals surface area (Å²) >= 11 is 0. The van der Waals surface area contributed by atoms with Crippen LogP contribution < -0.4 is 9.64 Å². The number of hydrogen-bond donors (Lipinski definition) is 1. The van der Waals surface area contributed by atoms with Crippen molar-refractivity contribution in [2.24, 2.45) is 0 Å². The lowest BCUT2D eigenvalue weighted by Gasteiger charge is -2.14. The first-order valence-corrected chi connectivity index (χ1v) is 7.29. The predicted molar refractivity (Wildman–Crippen MR) is 77.4 cm³/mol. The lowest BCUT2D eigenvalue weighted by molar-refractivity contribution is -0.896. The van der Waals surface area contributed by atoms with Crippen LogP contribution in [0.1, 0.15) is 38.7 Å². The van der Waals surface area contributed by atoms with Crippen molar-refractivity contribution in [3.63, 3.8) is 0 Å². The Morgan fingerprint density at radius 2 is 1.61 bits per heavy atom. The summed E-state index contributed by atoms with van der Waals surface area (Å²) in [5, 5.41) is 0. The second-order valence-corrected chi connectivity index (χ2v) is 4.93. The molecular weight excluding hydrogens is 222 g/mol. The van der Waals surface area contributed by atoms with E-state index in [0.29, 0.717) is 0 Å². The van der Waals surface area contributed by atoms with Crippen LogP contribution in [0.4, 0.5) is 0 Å². The van der Waals surface area contributed by atoms with Gasteiger partial charge >= 0.3 is 0 Å². The number of unbranched alkanes of at least 4 members (excludes halogenated alkanes) is 2. The SMILES string of the molecule is CC[NH+](CC)CCCCCOc1ccc(C)cc1. The number of nitrogens with one attached hydrogen (secondary N) is 1. The topological polar surface area (TPSA) is 13.7 Å². The van der Waals surface area contributed by atoms with Crippen molar-refractivity contribution in [3.8, 4) is 5.75 Å². The Morgan fingerprint density at radius 1 is 0.944 bits per heavy atom. The van der Waals surface area contributed by atoms with Crippen LogP contribution >= 0.6 is 0 Å². The molecular formula is C16H28NO+. The minimum absolute atomic E-state index is 0.844. The van der Waals surface area contributed by atoms with E-state index in [1.165, 1.54) is 38.0 Å². The monoisotopic (exact) mass is 250 g/mol. The van der Waals surface area contributed by atoms with Crippen LogP contribution in [-0.2, 0) is 0 Å². The van der Waals surface area contributed by atoms with Gasteiger partial charge in [0.05, 0.1) is 26.2 Å². The second kappa shape index (κ2) is 8.98. The normalized spacial score (nSPS) is 10.9. The third kappa shape index (κ3) is 6.06. The quantitative estimate of drug-likeness (QED) is 0.665. The van der Waals surface area contributed by atoms with Gasteiger partial charge in [-0.3, -0.25) is 0 Å². The largest absolute Gasteiger partial charge is 0.494 e. The summed E-state index contributed by atoms with van der Waals surface area (Å²) in [6.45, 7) is 11.3. The maximum Gasteiger partial charge on any atom is 0.119 e. The Bertz CT molecular complexity index is 303. The van der Waals surface area contributed by atoms with Gasteiger partial charge in [0.2, 0.25) is 0 Å². The number of ether oxygens (including phenoxy) is 1. The summed E-state index contributed by atoms with van der Waals surface area (Å²) in [4.78, 5) is 1.70. The van der Waals surface area contributed by atoms with Gasteiger partial charge in [0.1, 0.15) is 5.75 Å². The van der Waals surface area contributed by atoms with E-state index in [-0.39, 0.29) is 0 Å². The van der Waals surface area contributed by atoms with Crippen LogP contribution in [0.5, 0.6) is 5.75 Å². The molecule has 0 saturated carbocycles. The molecule has 2 nitrogen and oxygen atoms in total. The van der Waals surface area contributed by atoms with E-state index in [2.05, 4.69) is 45.0 Å². The Morgan fingerprint density at radius 3 is 2.22 bits per heavy atom. The number of quaternary nitrogens is 1. The first kappa shape index (κ1) is 15.0. The summed E-state index contributed by atoms with van der Waals surface area (Å²) in [5.74, 6) is 0.995. The molecule has 0 spiro atoms. The van der Waals surface area contributed by atoms with Crippen molar-refractivity contribution in [1.29, 1.82) is 0 Å². The van der Waals surface area contributed by atoms with Crippen LogP contribution in [0.15, 0.2) is 24.3 Å². The van der Waals surface area contributed by atoms with Crippen molar-refractivity contribution in [2.45, 2.75) is 40.0 Å². The van der Waals surface area contributed by atoms with E-state index in [4.69, 9.17) is 4.74 Å². The van der Waals surface area contributed by atoms with Crippen molar-refractivity contribution in [2.75, 3.05) is 26.2 Å². The van der Waals surface area contributed by atoms with E-state index in [1.54, 1.807) is 4.90 Å². The molecule has 0 radical (unpaired) electrons. The zero-order valence-electron chi connectivity index (χ0n) is 12.2. The molecule has 0 bridgehead atoms. The number of hydrogen-bond acceptors (Lipinski definition) is 1. The van der Waals surface area contributed by atoms with Gasteiger partial charge in [-0.25, -0.2) is 0 Å². The van der Waals surface area contributed by atoms with Gasteiger partial charge in [-0.05, 0) is 52.2 Å². The van der Waals surface area contributed by atoms with E-state index < -0.39 is 0 Å². The fourth-order valence-corrected chi connectivity index (χ4v) is 2.08. The van der Waals surface area contributed by atoms with Crippen LogP contribution in [-0.4, -0.2) is 26.2 Å². The fraction of sp³-hybridized carbons (Fsp3) is 0.625. The van der Waals surface area contributed by atoms with Crippen LogP contribution in [0.2, 0.25) is 0 Å². The molecule has 1 aromatic carbocycles. The molecule has 102 valence electrons. The Hall–Kier alpha value is -1.02. The van der Waals surface area contributed by atoms with Gasteiger partial charge < -0.3 is 9.64 Å². The zero-order valence-corrected chi connectivity index (χ0v) is 12.2. The molecule has 0 aliphatic heterocycles. The van der Waals surface area contributed by atoms with Crippen LogP contribution in [0, 0.1) is 6.92 Å². The summed E-state index contributed by atoms with van der Waals surface area (Å²) in [6.07, 6.45) is 3.75. The molecule has 1 aromatic rings. The number of benzene rings is 1. The average Bonchev–Trinajstić information content (AvgIpc) is 2.40. The van der Waals surface area contributed by atoms with E-state index in [1.807, 2.05) is 0 Å². The Labute approximate surface area is 112 Å². The molecule has 18 heavy (non-hydrogen) atoms. The van der Waals surface area contributed by atoms with Crippen molar-refractivity contribution in [1.82, 2.24) is 0 Å². The van der Waals surface area contributed by atoms with E-state index in [0.717, 1.165) is 18.8 Å². The highest BCUT2D eigenvalue weighted by Gasteiger charge is 2.01. The summed E-state index contributed by atoms with van der Waals surface area (Å²) in [5.41, 5.74) is 1.28. The average molecular weight is 250 g/mol. The molecule has 0 fully saturated rings. The lowest BCUT2D eigenvalue weighted by atomic mass is 10.2. The smallest absolute Gasteiger partial charge is 0.119 e. The van der Waals surface area contributed by atoms with Crippen LogP contribution in [0.25, 0.3) is 0 Å². The first-order chi connectivity index (χ1) is 8.76. The summed E-state index contributed by atoms with van der Waals surface area (Å²) in [7, 11) is 0. The van der Waals surface area contributed by atoms with Gasteiger partial charge in [0, 0.05) is 0 Å². The van der Waals surface area contributed by atoms with E-state index in [9.17, 15) is 0 Å². The molecule has 0 aromatic heterocycles. The van der Waals surface area contributed by atoms with Crippen molar-refractivity contribution >= 4 is 0 Å². The number of rotatable bonds is 9. The van der Waals surface area contributed by atoms with Gasteiger partial charge in [0.15, 0.2) is 0 Å². The highest BCUT2D eigenvalue weighted by Crippen LogP contribution is 2.11. The maximum atomic E-state index is 5.71. The van der Waals surface area contributed by atoms with Gasteiger partial charge in [0.25, 0.3) is 0 Å². The first-order valence-electron chi connectivity index (χ1n) is 7.29. The molecule has 0 unspecified atom stereocenters. The van der Waals surface area contributed by atoms with Crippen molar-refractivity contribution in [3.05, 3.63) is 29.8 Å². The molecule has 0 atom stereocenters. The van der Waals surface area contributed by atoms with E-state index >= 15 is 0 Å². The maximum absolute atomic E-state index is 5.71. The predicted octanol–water partition coefficient (Wildman–Crippen LogP) is 2.47. The minimum Gasteiger partial charge on any atom is -0.494 e. The van der Waals surface area contributed by atoms with Gasteiger partial charge in [-0.15, -0.1) is 0 Å². The highest BCUT2D eigenvalue weighted by molar-refractivity contribution is 5.26.